The van der Waals surface area contributed by atoms with Crippen LogP contribution in [0.15, 0.2) is 11.4 Å². The fourth-order valence-corrected chi connectivity index (χ4v) is 3.21. The molecule has 0 bridgehead atoms. The van der Waals surface area contributed by atoms with Gasteiger partial charge in [0.15, 0.2) is 0 Å². The molecule has 0 amide bonds. The molecule has 106 valence electrons. The maximum atomic E-state index is 10.6. The Hall–Kier alpha value is -0.980. The van der Waals surface area contributed by atoms with Gasteiger partial charge in [-0.3, -0.25) is 10.1 Å². The van der Waals surface area contributed by atoms with Crippen LogP contribution < -0.4 is 5.32 Å². The quantitative estimate of drug-likeness (QED) is 0.617. The number of nitro groups is 1. The number of thiophene rings is 1. The minimum absolute atomic E-state index is 0.224. The minimum Gasteiger partial charge on any atom is -0.312 e. The van der Waals surface area contributed by atoms with E-state index in [1.54, 1.807) is 6.07 Å². The number of nitrogens with zero attached hydrogens (tertiary/aromatic N) is 2. The summed E-state index contributed by atoms with van der Waals surface area (Å²) in [5.74, 6) is 0.617. The molecule has 1 N–H and O–H groups in total. The number of nitrogens with one attached hydrogen (secondary N) is 1. The van der Waals surface area contributed by atoms with Gasteiger partial charge in [0.2, 0.25) is 0 Å². The lowest BCUT2D eigenvalue weighted by Gasteiger charge is -2.20. The van der Waals surface area contributed by atoms with E-state index in [1.807, 2.05) is 5.38 Å². The van der Waals surface area contributed by atoms with E-state index in [-0.39, 0.29) is 9.92 Å². The van der Waals surface area contributed by atoms with Crippen LogP contribution in [0, 0.1) is 16.0 Å². The van der Waals surface area contributed by atoms with E-state index in [4.69, 9.17) is 0 Å². The third-order valence-electron chi connectivity index (χ3n) is 3.41. The summed E-state index contributed by atoms with van der Waals surface area (Å²) >= 11 is 1.20. The van der Waals surface area contributed by atoms with Gasteiger partial charge < -0.3 is 10.2 Å². The first-order chi connectivity index (χ1) is 9.15. The Kier molecular flexibility index (Phi) is 5.30. The average molecular weight is 283 g/mol. The Morgan fingerprint density at radius 1 is 1.53 bits per heavy atom. The first kappa shape index (κ1) is 14.4. The van der Waals surface area contributed by atoms with E-state index >= 15 is 0 Å². The molecule has 6 heteroatoms. The Balaban J connectivity index is 1.65. The zero-order valence-electron chi connectivity index (χ0n) is 11.3. The second-order valence-corrected chi connectivity index (χ2v) is 6.18. The van der Waals surface area contributed by atoms with Gasteiger partial charge in [0.25, 0.3) is 0 Å². The molecular formula is C13H21N3O2S. The smallest absolute Gasteiger partial charge is 0.312 e. The summed E-state index contributed by atoms with van der Waals surface area (Å²) in [4.78, 5) is 12.8. The van der Waals surface area contributed by atoms with Gasteiger partial charge >= 0.3 is 5.00 Å². The van der Waals surface area contributed by atoms with E-state index in [2.05, 4.69) is 17.1 Å². The van der Waals surface area contributed by atoms with E-state index in [9.17, 15) is 10.1 Å². The molecule has 0 aromatic carbocycles. The average Bonchev–Trinajstić information content (AvgIpc) is 3.00. The van der Waals surface area contributed by atoms with Gasteiger partial charge in [-0.2, -0.15) is 0 Å². The van der Waals surface area contributed by atoms with E-state index in [0.717, 1.165) is 18.7 Å². The molecule has 1 unspecified atom stereocenters. The predicted octanol–water partition coefficient (Wildman–Crippen LogP) is 2.48. The van der Waals surface area contributed by atoms with Gasteiger partial charge in [-0.05, 0) is 44.0 Å². The second-order valence-electron chi connectivity index (χ2n) is 5.29. The summed E-state index contributed by atoms with van der Waals surface area (Å²) in [6, 6.07) is 1.66. The highest BCUT2D eigenvalue weighted by molar-refractivity contribution is 7.13. The van der Waals surface area contributed by atoms with Crippen molar-refractivity contribution in [3.63, 3.8) is 0 Å². The number of rotatable bonds is 7. The molecule has 1 aliphatic heterocycles. The van der Waals surface area contributed by atoms with Crippen LogP contribution in [0.2, 0.25) is 0 Å². The van der Waals surface area contributed by atoms with Crippen molar-refractivity contribution in [1.82, 2.24) is 10.2 Å². The fourth-order valence-electron chi connectivity index (χ4n) is 2.48. The normalized spacial score (nSPS) is 17.7. The maximum absolute atomic E-state index is 10.6. The van der Waals surface area contributed by atoms with Crippen molar-refractivity contribution in [3.8, 4) is 0 Å². The molecule has 1 aromatic heterocycles. The predicted molar refractivity (Wildman–Crippen MR) is 77.5 cm³/mol. The Labute approximate surface area is 117 Å². The van der Waals surface area contributed by atoms with Crippen molar-refractivity contribution in [1.29, 1.82) is 0 Å². The summed E-state index contributed by atoms with van der Waals surface area (Å²) in [5.41, 5.74) is 1.00. The Bertz CT molecular complexity index is 416. The van der Waals surface area contributed by atoms with Crippen LogP contribution >= 0.6 is 11.3 Å². The highest BCUT2D eigenvalue weighted by Gasteiger charge is 2.14. The summed E-state index contributed by atoms with van der Waals surface area (Å²) in [7, 11) is 0. The van der Waals surface area contributed by atoms with Gasteiger partial charge in [-0.1, -0.05) is 18.3 Å². The molecule has 2 heterocycles. The lowest BCUT2D eigenvalue weighted by Crippen LogP contribution is -2.31. The Morgan fingerprint density at radius 3 is 2.89 bits per heavy atom. The highest BCUT2D eigenvalue weighted by Crippen LogP contribution is 2.22. The van der Waals surface area contributed by atoms with Crippen molar-refractivity contribution < 1.29 is 4.92 Å². The summed E-state index contributed by atoms with van der Waals surface area (Å²) in [5, 5.41) is 16.0. The molecule has 2 rings (SSSR count). The zero-order chi connectivity index (χ0) is 13.7. The molecular weight excluding hydrogens is 262 g/mol. The standard InChI is InChI=1S/C13H21N3O2S/c1-11(9-15-4-2-3-5-15)7-14-8-12-6-13(16(17)18)19-10-12/h6,10-11,14H,2-5,7-9H2,1H3. The van der Waals surface area contributed by atoms with Crippen molar-refractivity contribution >= 4 is 16.3 Å². The Morgan fingerprint density at radius 2 is 2.26 bits per heavy atom. The molecule has 0 radical (unpaired) electrons. The lowest BCUT2D eigenvalue weighted by molar-refractivity contribution is -0.380. The van der Waals surface area contributed by atoms with Crippen LogP contribution in [0.1, 0.15) is 25.3 Å². The molecule has 0 aliphatic carbocycles. The highest BCUT2D eigenvalue weighted by atomic mass is 32.1. The lowest BCUT2D eigenvalue weighted by atomic mass is 10.1. The maximum Gasteiger partial charge on any atom is 0.324 e. The van der Waals surface area contributed by atoms with E-state index in [1.165, 1.54) is 37.3 Å². The molecule has 1 fully saturated rings. The number of hydrogen-bond acceptors (Lipinski definition) is 5. The van der Waals surface area contributed by atoms with Crippen LogP contribution in [0.4, 0.5) is 5.00 Å². The first-order valence-electron chi connectivity index (χ1n) is 6.80. The molecule has 0 saturated carbocycles. The SMILES string of the molecule is CC(CNCc1csc([N+](=O)[O-])c1)CN1CCCC1. The third-order valence-corrected chi connectivity index (χ3v) is 4.34. The van der Waals surface area contributed by atoms with Crippen LogP contribution in [0.3, 0.4) is 0 Å². The number of likely N-dealkylation sites (tertiary alicyclic amines) is 1. The second kappa shape index (κ2) is 6.98. The van der Waals surface area contributed by atoms with Gasteiger partial charge in [0.05, 0.1) is 4.92 Å². The van der Waals surface area contributed by atoms with Gasteiger partial charge in [-0.15, -0.1) is 0 Å². The van der Waals surface area contributed by atoms with Crippen LogP contribution in [-0.2, 0) is 6.54 Å². The van der Waals surface area contributed by atoms with E-state index in [0.29, 0.717) is 12.5 Å². The fraction of sp³-hybridized carbons (Fsp3) is 0.692. The summed E-state index contributed by atoms with van der Waals surface area (Å²) < 4.78 is 0. The molecule has 1 aliphatic rings. The topological polar surface area (TPSA) is 58.4 Å². The minimum atomic E-state index is -0.329. The first-order valence-corrected chi connectivity index (χ1v) is 7.68. The van der Waals surface area contributed by atoms with Gasteiger partial charge in [0.1, 0.15) is 0 Å². The summed E-state index contributed by atoms with van der Waals surface area (Å²) in [6.45, 7) is 7.55. The monoisotopic (exact) mass is 283 g/mol. The van der Waals surface area contributed by atoms with Crippen molar-refractivity contribution in [2.24, 2.45) is 5.92 Å². The van der Waals surface area contributed by atoms with Crippen LogP contribution in [-0.4, -0.2) is 36.0 Å². The zero-order valence-corrected chi connectivity index (χ0v) is 12.1. The molecule has 0 spiro atoms. The van der Waals surface area contributed by atoms with Crippen molar-refractivity contribution in [3.05, 3.63) is 27.1 Å². The number of hydrogen-bond donors (Lipinski definition) is 1. The van der Waals surface area contributed by atoms with E-state index < -0.39 is 0 Å². The van der Waals surface area contributed by atoms with Gasteiger partial charge in [0, 0.05) is 24.5 Å². The molecule has 19 heavy (non-hydrogen) atoms. The molecule has 5 nitrogen and oxygen atoms in total. The van der Waals surface area contributed by atoms with Crippen molar-refractivity contribution in [2.45, 2.75) is 26.3 Å². The van der Waals surface area contributed by atoms with Crippen LogP contribution in [0.5, 0.6) is 0 Å². The molecule has 1 saturated heterocycles. The van der Waals surface area contributed by atoms with Crippen molar-refractivity contribution in [2.75, 3.05) is 26.2 Å². The largest absolute Gasteiger partial charge is 0.324 e. The molecule has 1 atom stereocenters. The van der Waals surface area contributed by atoms with Gasteiger partial charge in [-0.25, -0.2) is 0 Å². The van der Waals surface area contributed by atoms with Crippen LogP contribution in [0.25, 0.3) is 0 Å². The summed E-state index contributed by atoms with van der Waals surface area (Å²) in [6.07, 6.45) is 2.66. The third kappa shape index (κ3) is 4.56. The molecule has 1 aromatic rings.